The van der Waals surface area contributed by atoms with Gasteiger partial charge in [-0.15, -0.1) is 0 Å². The molecule has 0 aliphatic heterocycles. The van der Waals surface area contributed by atoms with E-state index >= 15 is 0 Å². The number of hydrogen-bond donors (Lipinski definition) is 0. The second-order valence-electron chi connectivity index (χ2n) is 4.34. The molecule has 16 heavy (non-hydrogen) atoms. The van der Waals surface area contributed by atoms with Crippen LogP contribution in [0.4, 0.5) is 0 Å². The molecule has 0 saturated heterocycles. The summed E-state index contributed by atoms with van der Waals surface area (Å²) in [7, 11) is 1.36. The average Bonchev–Trinajstić information content (AvgIpc) is 2.26. The maximum absolute atomic E-state index is 11.4. The van der Waals surface area contributed by atoms with Gasteiger partial charge >= 0.3 is 5.97 Å². The summed E-state index contributed by atoms with van der Waals surface area (Å²) in [5.74, 6) is -0.358. The van der Waals surface area contributed by atoms with Crippen LogP contribution in [0, 0.1) is 27.9 Å². The molecule has 1 aliphatic carbocycles. The topological polar surface area (TPSA) is 69.4 Å². The first kappa shape index (κ1) is 12.7. The lowest BCUT2D eigenvalue weighted by Crippen LogP contribution is -2.33. The zero-order valence-corrected chi connectivity index (χ0v) is 9.75. The van der Waals surface area contributed by atoms with Crippen molar-refractivity contribution < 1.29 is 14.5 Å². The lowest BCUT2D eigenvalue weighted by Gasteiger charge is -2.28. The third kappa shape index (κ3) is 2.59. The fourth-order valence-electron chi connectivity index (χ4n) is 2.22. The lowest BCUT2D eigenvalue weighted by atomic mass is 9.76. The zero-order valence-electron chi connectivity index (χ0n) is 9.75. The van der Waals surface area contributed by atoms with Crippen LogP contribution in [0.25, 0.3) is 0 Å². The van der Waals surface area contributed by atoms with E-state index in [0.717, 1.165) is 0 Å². The molecule has 5 heteroatoms. The largest absolute Gasteiger partial charge is 0.469 e. The molecule has 0 spiro atoms. The van der Waals surface area contributed by atoms with Gasteiger partial charge in [0.1, 0.15) is 0 Å². The molecule has 0 fully saturated rings. The van der Waals surface area contributed by atoms with E-state index in [9.17, 15) is 14.9 Å². The van der Waals surface area contributed by atoms with Crippen LogP contribution in [0.15, 0.2) is 12.2 Å². The second-order valence-corrected chi connectivity index (χ2v) is 4.34. The fraction of sp³-hybridized carbons (Fsp3) is 0.727. The van der Waals surface area contributed by atoms with E-state index in [-0.39, 0.29) is 28.6 Å². The summed E-state index contributed by atoms with van der Waals surface area (Å²) >= 11 is 0. The highest BCUT2D eigenvalue weighted by atomic mass is 16.6. The number of nitrogens with zero attached hydrogens (tertiary/aromatic N) is 1. The van der Waals surface area contributed by atoms with Crippen LogP contribution in [0.5, 0.6) is 0 Å². The first-order valence-corrected chi connectivity index (χ1v) is 5.37. The minimum absolute atomic E-state index is 0.0312. The van der Waals surface area contributed by atoms with Gasteiger partial charge in [-0.3, -0.25) is 14.9 Å². The van der Waals surface area contributed by atoms with Crippen LogP contribution in [-0.4, -0.2) is 24.0 Å². The van der Waals surface area contributed by atoms with Crippen LogP contribution in [0.1, 0.15) is 20.3 Å². The van der Waals surface area contributed by atoms with Gasteiger partial charge in [0, 0.05) is 11.3 Å². The molecule has 0 heterocycles. The number of nitro groups is 1. The molecule has 0 bridgehead atoms. The highest BCUT2D eigenvalue weighted by Gasteiger charge is 2.34. The highest BCUT2D eigenvalue weighted by Crippen LogP contribution is 2.31. The molecule has 0 saturated carbocycles. The number of rotatable bonds is 3. The van der Waals surface area contributed by atoms with Gasteiger partial charge in [0.25, 0.3) is 0 Å². The minimum atomic E-state index is -0.615. The maximum atomic E-state index is 11.4. The Bertz CT molecular complexity index is 313. The van der Waals surface area contributed by atoms with Gasteiger partial charge in [-0.2, -0.15) is 0 Å². The van der Waals surface area contributed by atoms with E-state index in [1.807, 2.05) is 6.92 Å². The van der Waals surface area contributed by atoms with Crippen LogP contribution >= 0.6 is 0 Å². The molecule has 1 rings (SSSR count). The van der Waals surface area contributed by atoms with Crippen molar-refractivity contribution in [1.29, 1.82) is 0 Å². The van der Waals surface area contributed by atoms with E-state index in [1.54, 1.807) is 19.1 Å². The van der Waals surface area contributed by atoms with E-state index in [4.69, 9.17) is 0 Å². The standard InChI is InChI=1S/C11H17NO4/c1-7-6-9(12(14)15)4-5-10(7)8(2)11(13)16-3/h4-5,7-10H,6H2,1-3H3. The molecule has 0 aromatic carbocycles. The SMILES string of the molecule is COC(=O)C(C)C1C=CC([N+](=O)[O-])CC1C. The lowest BCUT2D eigenvalue weighted by molar-refractivity contribution is -0.512. The van der Waals surface area contributed by atoms with Crippen molar-refractivity contribution in [3.8, 4) is 0 Å². The van der Waals surface area contributed by atoms with Gasteiger partial charge in [0.05, 0.1) is 13.0 Å². The molecular weight excluding hydrogens is 210 g/mol. The van der Waals surface area contributed by atoms with E-state index in [0.29, 0.717) is 6.42 Å². The summed E-state index contributed by atoms with van der Waals surface area (Å²) in [6, 6.07) is -0.615. The minimum Gasteiger partial charge on any atom is -0.469 e. The number of carbonyl (C=O) groups is 1. The monoisotopic (exact) mass is 227 g/mol. The molecule has 0 amide bonds. The molecule has 0 N–H and O–H groups in total. The molecule has 0 aromatic heterocycles. The van der Waals surface area contributed by atoms with Gasteiger partial charge in [-0.1, -0.05) is 19.9 Å². The fourth-order valence-corrected chi connectivity index (χ4v) is 2.22. The summed E-state index contributed by atoms with van der Waals surface area (Å²) < 4.78 is 4.68. The Hall–Kier alpha value is -1.39. The Kier molecular flexibility index (Phi) is 4.04. The molecule has 5 nitrogen and oxygen atoms in total. The van der Waals surface area contributed by atoms with Crippen LogP contribution in [0.2, 0.25) is 0 Å². The number of methoxy groups -OCH3 is 1. The second kappa shape index (κ2) is 5.09. The number of ether oxygens (including phenoxy) is 1. The van der Waals surface area contributed by atoms with Crippen LogP contribution in [0.3, 0.4) is 0 Å². The van der Waals surface area contributed by atoms with Crippen LogP contribution < -0.4 is 0 Å². The highest BCUT2D eigenvalue weighted by molar-refractivity contribution is 5.72. The van der Waals surface area contributed by atoms with E-state index in [1.165, 1.54) is 7.11 Å². The number of carbonyl (C=O) groups excluding carboxylic acids is 1. The number of hydrogen-bond acceptors (Lipinski definition) is 4. The smallest absolute Gasteiger partial charge is 0.308 e. The van der Waals surface area contributed by atoms with Crippen molar-refractivity contribution in [2.75, 3.05) is 7.11 Å². The third-order valence-corrected chi connectivity index (χ3v) is 3.25. The Morgan fingerprint density at radius 1 is 1.56 bits per heavy atom. The van der Waals surface area contributed by atoms with Crippen molar-refractivity contribution in [3.05, 3.63) is 22.3 Å². The van der Waals surface area contributed by atoms with Crippen LogP contribution in [-0.2, 0) is 9.53 Å². The summed E-state index contributed by atoms with van der Waals surface area (Å²) in [6.07, 6.45) is 3.85. The normalized spacial score (nSPS) is 30.8. The summed E-state index contributed by atoms with van der Waals surface area (Å²) in [4.78, 5) is 21.7. The molecule has 1 aliphatic rings. The molecule has 90 valence electrons. The first-order valence-electron chi connectivity index (χ1n) is 5.37. The zero-order chi connectivity index (χ0) is 12.3. The summed E-state index contributed by atoms with van der Waals surface area (Å²) in [6.45, 7) is 3.73. The predicted molar refractivity (Wildman–Crippen MR) is 58.4 cm³/mol. The number of allylic oxidation sites excluding steroid dienone is 1. The predicted octanol–water partition coefficient (Wildman–Crippen LogP) is 1.65. The third-order valence-electron chi connectivity index (χ3n) is 3.25. The van der Waals surface area contributed by atoms with E-state index < -0.39 is 6.04 Å². The average molecular weight is 227 g/mol. The maximum Gasteiger partial charge on any atom is 0.308 e. The Morgan fingerprint density at radius 3 is 2.62 bits per heavy atom. The van der Waals surface area contributed by atoms with Crippen molar-refractivity contribution in [1.82, 2.24) is 0 Å². The molecule has 0 aromatic rings. The van der Waals surface area contributed by atoms with Crippen molar-refractivity contribution >= 4 is 5.97 Å². The van der Waals surface area contributed by atoms with Crippen molar-refractivity contribution in [3.63, 3.8) is 0 Å². The van der Waals surface area contributed by atoms with Gasteiger partial charge in [-0.05, 0) is 17.9 Å². The first-order chi connectivity index (χ1) is 7.47. The van der Waals surface area contributed by atoms with Crippen molar-refractivity contribution in [2.24, 2.45) is 17.8 Å². The Balaban J connectivity index is 2.74. The molecule has 4 unspecified atom stereocenters. The summed E-state index contributed by atoms with van der Waals surface area (Å²) in [5.41, 5.74) is 0. The Morgan fingerprint density at radius 2 is 2.19 bits per heavy atom. The van der Waals surface area contributed by atoms with Gasteiger partial charge in [0.15, 0.2) is 0 Å². The quantitative estimate of drug-likeness (QED) is 0.318. The van der Waals surface area contributed by atoms with Crippen molar-refractivity contribution in [2.45, 2.75) is 26.3 Å². The summed E-state index contributed by atoms with van der Waals surface area (Å²) in [5, 5.41) is 10.6. The van der Waals surface area contributed by atoms with E-state index in [2.05, 4.69) is 4.74 Å². The number of esters is 1. The van der Waals surface area contributed by atoms with Gasteiger partial charge in [0.2, 0.25) is 6.04 Å². The molecular formula is C11H17NO4. The molecule has 0 radical (unpaired) electrons. The Labute approximate surface area is 94.6 Å². The van der Waals surface area contributed by atoms with Gasteiger partial charge < -0.3 is 4.74 Å². The van der Waals surface area contributed by atoms with Gasteiger partial charge in [-0.25, -0.2) is 0 Å². The molecule has 4 atom stereocenters.